The van der Waals surface area contributed by atoms with Gasteiger partial charge in [0.1, 0.15) is 10.9 Å². The number of hydrogen-bond acceptors (Lipinski definition) is 4. The number of rotatable bonds is 4. The van der Waals surface area contributed by atoms with E-state index in [4.69, 9.17) is 16.3 Å². The zero-order valence-electron chi connectivity index (χ0n) is 13.8. The number of amides is 1. The summed E-state index contributed by atoms with van der Waals surface area (Å²) in [5.74, 6) is 1.75. The van der Waals surface area contributed by atoms with Gasteiger partial charge in [0.15, 0.2) is 0 Å². The van der Waals surface area contributed by atoms with Crippen molar-refractivity contribution in [2.24, 2.45) is 5.92 Å². The van der Waals surface area contributed by atoms with Gasteiger partial charge < -0.3 is 15.0 Å². The summed E-state index contributed by atoms with van der Waals surface area (Å²) in [6.07, 6.45) is 2.35. The molecule has 2 saturated heterocycles. The quantitative estimate of drug-likeness (QED) is 0.852. The van der Waals surface area contributed by atoms with Crippen LogP contribution in [0.2, 0.25) is 5.15 Å². The molecule has 1 aromatic heterocycles. The van der Waals surface area contributed by atoms with E-state index in [1.165, 1.54) is 19.5 Å². The van der Waals surface area contributed by atoms with E-state index in [-0.39, 0.29) is 11.9 Å². The summed E-state index contributed by atoms with van der Waals surface area (Å²) in [4.78, 5) is 19.0. The molecule has 1 N–H and O–H groups in total. The zero-order chi connectivity index (χ0) is 17.2. The Kier molecular flexibility index (Phi) is 4.59. The minimum Gasteiger partial charge on any atom is -0.439 e. The van der Waals surface area contributed by atoms with Gasteiger partial charge in [-0.1, -0.05) is 17.7 Å². The van der Waals surface area contributed by atoms with E-state index in [0.717, 1.165) is 18.9 Å². The molecule has 2 aromatic rings. The maximum Gasteiger partial charge on any atom is 0.251 e. The molecule has 2 fully saturated rings. The number of aromatic nitrogens is 1. The highest BCUT2D eigenvalue weighted by Gasteiger charge is 2.32. The van der Waals surface area contributed by atoms with Crippen molar-refractivity contribution in [1.82, 2.24) is 15.2 Å². The lowest BCUT2D eigenvalue weighted by atomic mass is 9.96. The van der Waals surface area contributed by atoms with Gasteiger partial charge in [-0.15, -0.1) is 0 Å². The van der Waals surface area contributed by atoms with Crippen LogP contribution in [0, 0.1) is 5.92 Å². The molecule has 5 nitrogen and oxygen atoms in total. The molecule has 1 amide bonds. The molecule has 4 rings (SSSR count). The van der Waals surface area contributed by atoms with E-state index in [9.17, 15) is 4.79 Å². The first-order chi connectivity index (χ1) is 12.2. The molecule has 1 aromatic carbocycles. The van der Waals surface area contributed by atoms with Crippen LogP contribution < -0.4 is 10.1 Å². The third kappa shape index (κ3) is 3.94. The molecule has 0 radical (unpaired) electrons. The number of halogens is 1. The Morgan fingerprint density at radius 1 is 1.20 bits per heavy atom. The molecule has 0 saturated carbocycles. The van der Waals surface area contributed by atoms with Crippen LogP contribution in [-0.2, 0) is 0 Å². The van der Waals surface area contributed by atoms with Crippen molar-refractivity contribution >= 4 is 17.5 Å². The highest BCUT2D eigenvalue weighted by molar-refractivity contribution is 6.29. The number of ether oxygens (including phenoxy) is 1. The number of carbonyl (C=O) groups excluding carboxylic acids is 1. The average Bonchev–Trinajstić information content (AvgIpc) is 2.94. The zero-order valence-corrected chi connectivity index (χ0v) is 14.6. The Bertz CT molecular complexity index is 754. The van der Waals surface area contributed by atoms with E-state index in [2.05, 4.69) is 15.2 Å². The fourth-order valence-corrected chi connectivity index (χ4v) is 3.83. The van der Waals surface area contributed by atoms with Gasteiger partial charge in [-0.25, -0.2) is 4.98 Å². The minimum atomic E-state index is -0.0278. The van der Waals surface area contributed by atoms with E-state index in [1.54, 1.807) is 42.5 Å². The van der Waals surface area contributed by atoms with E-state index >= 15 is 0 Å². The molecule has 6 heteroatoms. The number of nitrogens with zero attached hydrogens (tertiary/aromatic N) is 2. The average molecular weight is 358 g/mol. The lowest BCUT2D eigenvalue weighted by Gasteiger charge is -2.30. The predicted molar refractivity (Wildman–Crippen MR) is 96.2 cm³/mol. The van der Waals surface area contributed by atoms with Gasteiger partial charge in [0, 0.05) is 30.8 Å². The summed E-state index contributed by atoms with van der Waals surface area (Å²) >= 11 is 5.85. The molecule has 25 heavy (non-hydrogen) atoms. The summed E-state index contributed by atoms with van der Waals surface area (Å²) in [5.41, 5.74) is 0.638. The maximum absolute atomic E-state index is 12.5. The molecule has 0 aliphatic carbocycles. The third-order valence-corrected chi connectivity index (χ3v) is 5.04. The van der Waals surface area contributed by atoms with E-state index in [1.807, 2.05) is 0 Å². The third-order valence-electron chi connectivity index (χ3n) is 4.83. The van der Waals surface area contributed by atoms with Crippen LogP contribution in [0.3, 0.4) is 0 Å². The first-order valence-electron chi connectivity index (χ1n) is 8.59. The van der Waals surface area contributed by atoms with E-state index < -0.39 is 0 Å². The van der Waals surface area contributed by atoms with E-state index in [0.29, 0.717) is 22.3 Å². The van der Waals surface area contributed by atoms with Gasteiger partial charge in [0.25, 0.3) is 5.91 Å². The Morgan fingerprint density at radius 2 is 2.04 bits per heavy atom. The van der Waals surface area contributed by atoms with Gasteiger partial charge in [0.05, 0.1) is 0 Å². The fraction of sp³-hybridized carbons (Fsp3) is 0.368. The van der Waals surface area contributed by atoms with Crippen molar-refractivity contribution in [2.45, 2.75) is 18.9 Å². The van der Waals surface area contributed by atoms with Crippen LogP contribution in [0.1, 0.15) is 23.2 Å². The largest absolute Gasteiger partial charge is 0.439 e. The second-order valence-corrected chi connectivity index (χ2v) is 7.13. The molecule has 2 aliphatic heterocycles. The van der Waals surface area contributed by atoms with Crippen molar-refractivity contribution in [2.75, 3.05) is 19.6 Å². The second kappa shape index (κ2) is 7.02. The lowest BCUT2D eigenvalue weighted by Crippen LogP contribution is -2.46. The SMILES string of the molecule is O=C(N[C@@H]1C[C@H]2CCN(C2)C1)c1ccc(Oc2cccc(Cl)n2)cc1. The van der Waals surface area contributed by atoms with Crippen LogP contribution in [0.25, 0.3) is 0 Å². The molecular formula is C19H20ClN3O2. The molecular weight excluding hydrogens is 338 g/mol. The normalized spacial score (nSPS) is 24.8. The lowest BCUT2D eigenvalue weighted by molar-refractivity contribution is 0.0909. The van der Waals surface area contributed by atoms with Crippen molar-refractivity contribution in [3.05, 3.63) is 53.2 Å². The Balaban J connectivity index is 1.37. The second-order valence-electron chi connectivity index (χ2n) is 6.75. The van der Waals surface area contributed by atoms with Crippen LogP contribution >= 0.6 is 11.6 Å². The smallest absolute Gasteiger partial charge is 0.251 e. The summed E-state index contributed by atoms with van der Waals surface area (Å²) in [7, 11) is 0. The number of hydrogen-bond donors (Lipinski definition) is 1. The molecule has 3 heterocycles. The molecule has 3 atom stereocenters. The summed E-state index contributed by atoms with van der Waals surface area (Å²) < 4.78 is 5.65. The minimum absolute atomic E-state index is 0.0278. The summed E-state index contributed by atoms with van der Waals surface area (Å²) in [6, 6.07) is 12.5. The van der Waals surface area contributed by atoms with Crippen molar-refractivity contribution in [1.29, 1.82) is 0 Å². The topological polar surface area (TPSA) is 54.5 Å². The standard InChI is InChI=1S/C19H20ClN3O2/c20-17-2-1-3-18(22-17)25-16-6-4-14(5-7-16)19(24)21-15-10-13-8-9-23(11-13)12-15/h1-7,13,15H,8-12H2,(H,21,24)/t13-,15-/m1/s1. The fourth-order valence-electron chi connectivity index (χ4n) is 3.67. The Hall–Kier alpha value is -2.11. The Labute approximate surface area is 152 Å². The summed E-state index contributed by atoms with van der Waals surface area (Å²) in [6.45, 7) is 3.32. The number of nitrogens with one attached hydrogen (secondary N) is 1. The first-order valence-corrected chi connectivity index (χ1v) is 8.97. The van der Waals surface area contributed by atoms with Crippen molar-refractivity contribution in [3.8, 4) is 11.6 Å². The maximum atomic E-state index is 12.5. The van der Waals surface area contributed by atoms with Gasteiger partial charge in [-0.2, -0.15) is 0 Å². The van der Waals surface area contributed by atoms with Crippen LogP contribution in [0.5, 0.6) is 11.6 Å². The number of fused-ring (bicyclic) bond motifs is 2. The summed E-state index contributed by atoms with van der Waals surface area (Å²) in [5, 5.41) is 3.54. The highest BCUT2D eigenvalue weighted by atomic mass is 35.5. The van der Waals surface area contributed by atoms with Crippen LogP contribution in [-0.4, -0.2) is 41.5 Å². The molecule has 1 unspecified atom stereocenters. The van der Waals surface area contributed by atoms with Gasteiger partial charge in [-0.05, 0) is 55.6 Å². The number of carbonyl (C=O) groups is 1. The van der Waals surface area contributed by atoms with Crippen molar-refractivity contribution < 1.29 is 9.53 Å². The van der Waals surface area contributed by atoms with Gasteiger partial charge in [0.2, 0.25) is 5.88 Å². The molecule has 2 bridgehead atoms. The molecule has 2 aliphatic rings. The number of benzene rings is 1. The predicted octanol–water partition coefficient (Wildman–Crippen LogP) is 3.35. The van der Waals surface area contributed by atoms with Gasteiger partial charge in [-0.3, -0.25) is 4.79 Å². The molecule has 130 valence electrons. The van der Waals surface area contributed by atoms with Crippen molar-refractivity contribution in [3.63, 3.8) is 0 Å². The Morgan fingerprint density at radius 3 is 2.80 bits per heavy atom. The highest BCUT2D eigenvalue weighted by Crippen LogP contribution is 2.27. The van der Waals surface area contributed by atoms with Crippen LogP contribution in [0.4, 0.5) is 0 Å². The van der Waals surface area contributed by atoms with Crippen LogP contribution in [0.15, 0.2) is 42.5 Å². The van der Waals surface area contributed by atoms with Gasteiger partial charge >= 0.3 is 0 Å². The number of pyridine rings is 1. The monoisotopic (exact) mass is 357 g/mol. The molecule has 0 spiro atoms. The first kappa shape index (κ1) is 16.4. The number of piperidine rings is 1.